The molecule has 5 rings (SSSR count). The number of carbonyl (C=O) groups is 1. The highest BCUT2D eigenvalue weighted by atomic mass is 16.5. The maximum Gasteiger partial charge on any atom is 0.258 e. The highest BCUT2D eigenvalue weighted by Gasteiger charge is 2.27. The van der Waals surface area contributed by atoms with Crippen molar-refractivity contribution in [1.82, 2.24) is 14.5 Å². The van der Waals surface area contributed by atoms with Crippen LogP contribution in [0.25, 0.3) is 16.5 Å². The molecular formula is C27H28N4O2. The Bertz CT molecular complexity index is 1270. The Morgan fingerprint density at radius 2 is 1.73 bits per heavy atom. The standard InChI is InChI=1S/C27H28N4O2/c1-3-33-24-13-10-21-6-4-5-7-23(21)25(24)26(32)29-16-18-30(19-17-29)27-28-14-15-31(27)22-11-8-20(2)9-12-22/h4-15H,3,16-19H2,1-2H3. The number of hydrogen-bond acceptors (Lipinski definition) is 4. The molecule has 0 unspecified atom stereocenters. The highest BCUT2D eigenvalue weighted by molar-refractivity contribution is 6.09. The maximum atomic E-state index is 13.6. The number of ether oxygens (including phenoxy) is 1. The van der Waals surface area contributed by atoms with E-state index in [0.29, 0.717) is 31.0 Å². The summed E-state index contributed by atoms with van der Waals surface area (Å²) < 4.78 is 7.94. The first-order valence-corrected chi connectivity index (χ1v) is 11.4. The van der Waals surface area contributed by atoms with Crippen LogP contribution in [0.5, 0.6) is 5.75 Å². The summed E-state index contributed by atoms with van der Waals surface area (Å²) in [5, 5.41) is 1.98. The van der Waals surface area contributed by atoms with Crippen LogP contribution < -0.4 is 9.64 Å². The van der Waals surface area contributed by atoms with Crippen molar-refractivity contribution >= 4 is 22.6 Å². The van der Waals surface area contributed by atoms with Crippen LogP contribution in [0.15, 0.2) is 73.1 Å². The number of imidazole rings is 1. The summed E-state index contributed by atoms with van der Waals surface area (Å²) in [5.41, 5.74) is 2.97. The summed E-state index contributed by atoms with van der Waals surface area (Å²) >= 11 is 0. The molecule has 0 aliphatic carbocycles. The molecule has 1 aliphatic heterocycles. The number of nitrogens with zero attached hydrogens (tertiary/aromatic N) is 4. The van der Waals surface area contributed by atoms with Gasteiger partial charge in [0.2, 0.25) is 5.95 Å². The second kappa shape index (κ2) is 8.98. The summed E-state index contributed by atoms with van der Waals surface area (Å²) in [7, 11) is 0. The number of anilines is 1. The van der Waals surface area contributed by atoms with Crippen molar-refractivity contribution in [2.24, 2.45) is 0 Å². The van der Waals surface area contributed by atoms with Crippen molar-refractivity contribution in [1.29, 1.82) is 0 Å². The van der Waals surface area contributed by atoms with Crippen molar-refractivity contribution in [2.75, 3.05) is 37.7 Å². The third-order valence-electron chi connectivity index (χ3n) is 6.19. The Morgan fingerprint density at radius 1 is 0.970 bits per heavy atom. The van der Waals surface area contributed by atoms with E-state index in [-0.39, 0.29) is 5.91 Å². The molecule has 33 heavy (non-hydrogen) atoms. The van der Waals surface area contributed by atoms with Gasteiger partial charge in [0.05, 0.1) is 12.2 Å². The van der Waals surface area contributed by atoms with Crippen LogP contribution in [0.3, 0.4) is 0 Å². The Labute approximate surface area is 194 Å². The molecule has 3 aromatic carbocycles. The maximum absolute atomic E-state index is 13.6. The van der Waals surface area contributed by atoms with Crippen LogP contribution in [-0.2, 0) is 0 Å². The van der Waals surface area contributed by atoms with E-state index in [2.05, 4.69) is 45.6 Å². The molecule has 1 aromatic heterocycles. The predicted molar refractivity (Wildman–Crippen MR) is 132 cm³/mol. The normalized spacial score (nSPS) is 14.0. The summed E-state index contributed by atoms with van der Waals surface area (Å²) in [6.45, 7) is 7.27. The first kappa shape index (κ1) is 21.1. The smallest absolute Gasteiger partial charge is 0.258 e. The van der Waals surface area contributed by atoms with Crippen LogP contribution in [0.2, 0.25) is 0 Å². The van der Waals surface area contributed by atoms with Crippen molar-refractivity contribution in [3.05, 3.63) is 84.2 Å². The first-order chi connectivity index (χ1) is 16.2. The molecule has 6 nitrogen and oxygen atoms in total. The lowest BCUT2D eigenvalue weighted by Gasteiger charge is -2.36. The zero-order chi connectivity index (χ0) is 22.8. The van der Waals surface area contributed by atoms with Crippen LogP contribution in [0.1, 0.15) is 22.8 Å². The SMILES string of the molecule is CCOc1ccc2ccccc2c1C(=O)N1CCN(c2nccn2-c2ccc(C)cc2)CC1. The molecule has 4 aromatic rings. The van der Waals surface area contributed by atoms with E-state index in [4.69, 9.17) is 4.74 Å². The van der Waals surface area contributed by atoms with Crippen LogP contribution in [0, 0.1) is 6.92 Å². The molecule has 0 atom stereocenters. The number of rotatable bonds is 5. The van der Waals surface area contributed by atoms with Crippen molar-refractivity contribution < 1.29 is 9.53 Å². The third kappa shape index (κ3) is 4.04. The number of carbonyl (C=O) groups excluding carboxylic acids is 1. The fraction of sp³-hybridized carbons (Fsp3) is 0.259. The Balaban J connectivity index is 1.37. The minimum absolute atomic E-state index is 0.0248. The zero-order valence-corrected chi connectivity index (χ0v) is 19.1. The van der Waals surface area contributed by atoms with E-state index in [0.717, 1.165) is 35.5 Å². The molecule has 0 N–H and O–H groups in total. The number of fused-ring (bicyclic) bond motifs is 1. The van der Waals surface area contributed by atoms with Gasteiger partial charge in [0.15, 0.2) is 0 Å². The average Bonchev–Trinajstić information content (AvgIpc) is 3.34. The molecular weight excluding hydrogens is 412 g/mol. The highest BCUT2D eigenvalue weighted by Crippen LogP contribution is 2.30. The lowest BCUT2D eigenvalue weighted by atomic mass is 10.0. The van der Waals surface area contributed by atoms with Gasteiger partial charge in [0.25, 0.3) is 5.91 Å². The Hall–Kier alpha value is -3.80. The molecule has 1 amide bonds. The Morgan fingerprint density at radius 3 is 2.48 bits per heavy atom. The van der Waals surface area contributed by atoms with Crippen molar-refractivity contribution in [2.45, 2.75) is 13.8 Å². The van der Waals surface area contributed by atoms with E-state index in [1.165, 1.54) is 5.56 Å². The number of amides is 1. The van der Waals surface area contributed by atoms with E-state index in [9.17, 15) is 4.79 Å². The molecule has 0 spiro atoms. The molecule has 0 radical (unpaired) electrons. The summed E-state index contributed by atoms with van der Waals surface area (Å²) in [6.07, 6.45) is 3.82. The second-order valence-corrected chi connectivity index (χ2v) is 8.30. The van der Waals surface area contributed by atoms with E-state index < -0.39 is 0 Å². The second-order valence-electron chi connectivity index (χ2n) is 8.30. The quantitative estimate of drug-likeness (QED) is 0.452. The lowest BCUT2D eigenvalue weighted by Crippen LogP contribution is -2.49. The fourth-order valence-electron chi connectivity index (χ4n) is 4.45. The van der Waals surface area contributed by atoms with Crippen LogP contribution in [-0.4, -0.2) is 53.1 Å². The topological polar surface area (TPSA) is 50.6 Å². The number of benzene rings is 3. The molecule has 0 saturated carbocycles. The molecule has 6 heteroatoms. The minimum atomic E-state index is 0.0248. The van der Waals surface area contributed by atoms with Gasteiger partial charge in [0.1, 0.15) is 5.75 Å². The predicted octanol–water partition coefficient (Wildman–Crippen LogP) is 4.70. The van der Waals surface area contributed by atoms with Crippen LogP contribution >= 0.6 is 0 Å². The molecule has 1 saturated heterocycles. The summed E-state index contributed by atoms with van der Waals surface area (Å²) in [4.78, 5) is 22.4. The monoisotopic (exact) mass is 440 g/mol. The van der Waals surface area contributed by atoms with E-state index >= 15 is 0 Å². The molecule has 2 heterocycles. The molecule has 0 bridgehead atoms. The number of hydrogen-bond donors (Lipinski definition) is 0. The molecule has 1 fully saturated rings. The van der Waals surface area contributed by atoms with Gasteiger partial charge in [0, 0.05) is 44.3 Å². The fourth-order valence-corrected chi connectivity index (χ4v) is 4.45. The van der Waals surface area contributed by atoms with Gasteiger partial charge in [-0.25, -0.2) is 4.98 Å². The van der Waals surface area contributed by atoms with Crippen molar-refractivity contribution in [3.8, 4) is 11.4 Å². The van der Waals surface area contributed by atoms with Gasteiger partial charge in [-0.3, -0.25) is 9.36 Å². The van der Waals surface area contributed by atoms with Crippen LogP contribution in [0.4, 0.5) is 5.95 Å². The molecule has 1 aliphatic rings. The first-order valence-electron chi connectivity index (χ1n) is 11.4. The largest absolute Gasteiger partial charge is 0.493 e. The van der Waals surface area contributed by atoms with Gasteiger partial charge in [-0.2, -0.15) is 0 Å². The summed E-state index contributed by atoms with van der Waals surface area (Å²) in [5.74, 6) is 1.58. The zero-order valence-electron chi connectivity index (χ0n) is 19.1. The molecule has 168 valence electrons. The number of aryl methyl sites for hydroxylation is 1. The number of aromatic nitrogens is 2. The van der Waals surface area contributed by atoms with Gasteiger partial charge >= 0.3 is 0 Å². The average molecular weight is 441 g/mol. The van der Waals surface area contributed by atoms with E-state index in [1.807, 2.05) is 60.6 Å². The van der Waals surface area contributed by atoms with Crippen molar-refractivity contribution in [3.63, 3.8) is 0 Å². The summed E-state index contributed by atoms with van der Waals surface area (Å²) in [6, 6.07) is 20.3. The van der Waals surface area contributed by atoms with Gasteiger partial charge < -0.3 is 14.5 Å². The minimum Gasteiger partial charge on any atom is -0.493 e. The third-order valence-corrected chi connectivity index (χ3v) is 6.19. The Kier molecular flexibility index (Phi) is 5.73. The van der Waals surface area contributed by atoms with Gasteiger partial charge in [-0.1, -0.05) is 48.0 Å². The van der Waals surface area contributed by atoms with Gasteiger partial charge in [-0.15, -0.1) is 0 Å². The van der Waals surface area contributed by atoms with E-state index in [1.54, 1.807) is 0 Å². The van der Waals surface area contributed by atoms with Gasteiger partial charge in [-0.05, 0) is 42.8 Å². The number of piperazine rings is 1. The lowest BCUT2D eigenvalue weighted by molar-refractivity contribution is 0.0744.